The second kappa shape index (κ2) is 11.2. The number of hydrogen-bond acceptors (Lipinski definition) is 2. The van der Waals surface area contributed by atoms with Crippen molar-refractivity contribution in [2.75, 3.05) is 11.5 Å². The van der Waals surface area contributed by atoms with Crippen LogP contribution < -0.4 is 11.5 Å². The summed E-state index contributed by atoms with van der Waals surface area (Å²) in [5.74, 6) is 0. The molecule has 0 saturated heterocycles. The topological polar surface area (TPSA) is 52.0 Å². The molecule has 5 rings (SSSR count). The Labute approximate surface area is 221 Å². The van der Waals surface area contributed by atoms with E-state index in [1.54, 1.807) is 0 Å². The number of nitrogen functional groups attached to an aromatic ring is 2. The minimum atomic E-state index is -0.391. The molecule has 0 spiro atoms. The zero-order chi connectivity index (χ0) is 26.3. The highest BCUT2D eigenvalue weighted by Crippen LogP contribution is 2.45. The summed E-state index contributed by atoms with van der Waals surface area (Å²) in [7, 11) is 0. The fraction of sp³-hybridized carbons (Fsp3) is 0.143. The molecular formula is C35H36N2. The summed E-state index contributed by atoms with van der Waals surface area (Å²) in [6.07, 6.45) is 0. The molecule has 0 atom stereocenters. The van der Waals surface area contributed by atoms with Crippen molar-refractivity contribution >= 4 is 11.4 Å². The van der Waals surface area contributed by atoms with E-state index in [1.165, 1.54) is 27.8 Å². The Morgan fingerprint density at radius 1 is 0.351 bits per heavy atom. The Bertz CT molecular complexity index is 1270. The van der Waals surface area contributed by atoms with E-state index < -0.39 is 5.41 Å². The van der Waals surface area contributed by atoms with E-state index in [2.05, 4.69) is 136 Å². The molecule has 5 aromatic carbocycles. The zero-order valence-electron chi connectivity index (χ0n) is 21.9. The van der Waals surface area contributed by atoms with Crippen LogP contribution in [0, 0.1) is 0 Å². The summed E-state index contributed by atoms with van der Waals surface area (Å²) in [6, 6.07) is 48.3. The van der Waals surface area contributed by atoms with E-state index in [9.17, 15) is 0 Å². The lowest BCUT2D eigenvalue weighted by Crippen LogP contribution is -2.30. The SMILES string of the molecule is CC(C)(C)c1ccc(N)cc1.Nc1ccc(C(c2ccccc2)(c2ccccc2)c2ccccc2)cc1. The van der Waals surface area contributed by atoms with Gasteiger partial charge in [0.25, 0.3) is 0 Å². The van der Waals surface area contributed by atoms with Gasteiger partial charge in [0.05, 0.1) is 5.41 Å². The van der Waals surface area contributed by atoms with Crippen LogP contribution >= 0.6 is 0 Å². The maximum Gasteiger partial charge on any atom is 0.0701 e. The van der Waals surface area contributed by atoms with Crippen molar-refractivity contribution in [3.63, 3.8) is 0 Å². The molecular weight excluding hydrogens is 448 g/mol. The first-order valence-electron chi connectivity index (χ1n) is 12.7. The van der Waals surface area contributed by atoms with Gasteiger partial charge < -0.3 is 11.5 Å². The van der Waals surface area contributed by atoms with Gasteiger partial charge in [-0.05, 0) is 57.5 Å². The largest absolute Gasteiger partial charge is 0.399 e. The number of nitrogens with two attached hydrogens (primary N) is 2. The summed E-state index contributed by atoms with van der Waals surface area (Å²) < 4.78 is 0. The predicted octanol–water partition coefficient (Wildman–Crippen LogP) is 8.22. The summed E-state index contributed by atoms with van der Waals surface area (Å²) >= 11 is 0. The van der Waals surface area contributed by atoms with Gasteiger partial charge in [-0.15, -0.1) is 0 Å². The van der Waals surface area contributed by atoms with E-state index in [0.29, 0.717) is 0 Å². The van der Waals surface area contributed by atoms with Crippen LogP contribution in [0.3, 0.4) is 0 Å². The zero-order valence-corrected chi connectivity index (χ0v) is 21.9. The van der Waals surface area contributed by atoms with Crippen molar-refractivity contribution < 1.29 is 0 Å². The van der Waals surface area contributed by atoms with Crippen LogP contribution in [0.25, 0.3) is 0 Å². The molecule has 0 aliphatic carbocycles. The van der Waals surface area contributed by atoms with Crippen molar-refractivity contribution in [3.05, 3.63) is 167 Å². The summed E-state index contributed by atoms with van der Waals surface area (Å²) in [5.41, 5.74) is 19.2. The lowest BCUT2D eigenvalue weighted by molar-refractivity contribution is 0.590. The van der Waals surface area contributed by atoms with Crippen LogP contribution in [0.2, 0.25) is 0 Å². The van der Waals surface area contributed by atoms with Crippen LogP contribution in [0.5, 0.6) is 0 Å². The van der Waals surface area contributed by atoms with Crippen LogP contribution in [-0.4, -0.2) is 0 Å². The van der Waals surface area contributed by atoms with Gasteiger partial charge in [-0.3, -0.25) is 0 Å². The molecule has 0 heterocycles. The Balaban J connectivity index is 0.000000245. The Morgan fingerprint density at radius 3 is 0.919 bits per heavy atom. The predicted molar refractivity (Wildman–Crippen MR) is 159 cm³/mol. The van der Waals surface area contributed by atoms with Gasteiger partial charge in [0.1, 0.15) is 0 Å². The number of benzene rings is 5. The minimum absolute atomic E-state index is 0.230. The normalized spacial score (nSPS) is 11.3. The third-order valence-electron chi connectivity index (χ3n) is 6.74. The number of rotatable bonds is 4. The maximum absolute atomic E-state index is 5.99. The molecule has 0 radical (unpaired) electrons. The fourth-order valence-corrected chi connectivity index (χ4v) is 4.78. The maximum atomic E-state index is 5.99. The molecule has 0 fully saturated rings. The summed E-state index contributed by atoms with van der Waals surface area (Å²) in [4.78, 5) is 0. The van der Waals surface area contributed by atoms with Gasteiger partial charge in [0.15, 0.2) is 0 Å². The molecule has 2 heteroatoms. The minimum Gasteiger partial charge on any atom is -0.399 e. The van der Waals surface area contributed by atoms with E-state index in [1.807, 2.05) is 24.3 Å². The molecule has 0 saturated carbocycles. The van der Waals surface area contributed by atoms with Gasteiger partial charge in [-0.25, -0.2) is 0 Å². The van der Waals surface area contributed by atoms with Crippen molar-refractivity contribution in [3.8, 4) is 0 Å². The van der Waals surface area contributed by atoms with Gasteiger partial charge in [-0.1, -0.05) is 136 Å². The Kier molecular flexibility index (Phi) is 7.79. The molecule has 186 valence electrons. The first kappa shape index (κ1) is 25.8. The van der Waals surface area contributed by atoms with Crippen molar-refractivity contribution in [2.45, 2.75) is 31.6 Å². The molecule has 0 aromatic heterocycles. The fourth-order valence-electron chi connectivity index (χ4n) is 4.78. The average Bonchev–Trinajstić information content (AvgIpc) is 2.92. The van der Waals surface area contributed by atoms with Crippen LogP contribution in [0.4, 0.5) is 11.4 Å². The van der Waals surface area contributed by atoms with Crippen LogP contribution in [0.15, 0.2) is 140 Å². The Hall–Kier alpha value is -4.30. The molecule has 0 unspecified atom stereocenters. The molecule has 0 aliphatic heterocycles. The van der Waals surface area contributed by atoms with Crippen molar-refractivity contribution in [2.24, 2.45) is 0 Å². The standard InChI is InChI=1S/C25H21N.C10H15N/c26-24-18-16-23(17-19-24)25(20-10-4-1-5-11-20,21-12-6-2-7-13-21)22-14-8-3-9-15-22;1-10(2,3)8-4-6-9(11)7-5-8/h1-19H,26H2;4-7H,11H2,1-3H3. The molecule has 2 nitrogen and oxygen atoms in total. The van der Waals surface area contributed by atoms with Crippen molar-refractivity contribution in [1.82, 2.24) is 0 Å². The molecule has 0 aliphatic rings. The van der Waals surface area contributed by atoms with E-state index in [0.717, 1.165) is 11.4 Å². The first-order chi connectivity index (χ1) is 17.8. The number of hydrogen-bond donors (Lipinski definition) is 2. The summed E-state index contributed by atoms with van der Waals surface area (Å²) in [5, 5.41) is 0. The van der Waals surface area contributed by atoms with Gasteiger partial charge >= 0.3 is 0 Å². The second-order valence-electron chi connectivity index (χ2n) is 10.3. The van der Waals surface area contributed by atoms with Crippen LogP contribution in [0.1, 0.15) is 48.6 Å². The Morgan fingerprint density at radius 2 is 0.622 bits per heavy atom. The van der Waals surface area contributed by atoms with Crippen LogP contribution in [-0.2, 0) is 10.8 Å². The highest BCUT2D eigenvalue weighted by molar-refractivity contribution is 5.60. The number of anilines is 2. The summed E-state index contributed by atoms with van der Waals surface area (Å²) in [6.45, 7) is 6.58. The quantitative estimate of drug-likeness (QED) is 0.199. The molecule has 5 aromatic rings. The van der Waals surface area contributed by atoms with Crippen molar-refractivity contribution in [1.29, 1.82) is 0 Å². The van der Waals surface area contributed by atoms with Gasteiger partial charge in [-0.2, -0.15) is 0 Å². The smallest absolute Gasteiger partial charge is 0.0701 e. The third-order valence-corrected chi connectivity index (χ3v) is 6.74. The van der Waals surface area contributed by atoms with E-state index in [-0.39, 0.29) is 5.41 Å². The average molecular weight is 485 g/mol. The van der Waals surface area contributed by atoms with Gasteiger partial charge in [0.2, 0.25) is 0 Å². The lowest BCUT2D eigenvalue weighted by atomic mass is 9.65. The van der Waals surface area contributed by atoms with E-state index in [4.69, 9.17) is 11.5 Å². The monoisotopic (exact) mass is 484 g/mol. The third kappa shape index (κ3) is 5.76. The molecule has 0 bridgehead atoms. The molecule has 0 amide bonds. The highest BCUT2D eigenvalue weighted by atomic mass is 14.5. The lowest BCUT2D eigenvalue weighted by Gasteiger charge is -2.36. The molecule has 4 N–H and O–H groups in total. The molecule has 37 heavy (non-hydrogen) atoms. The second-order valence-corrected chi connectivity index (χ2v) is 10.3. The van der Waals surface area contributed by atoms with E-state index >= 15 is 0 Å². The first-order valence-corrected chi connectivity index (χ1v) is 12.7. The highest BCUT2D eigenvalue weighted by Gasteiger charge is 2.37. The van der Waals surface area contributed by atoms with Gasteiger partial charge in [0, 0.05) is 11.4 Å².